The molecule has 82 valence electrons. The van der Waals surface area contributed by atoms with Gasteiger partial charge in [0.05, 0.1) is 11.6 Å². The maximum Gasteiger partial charge on any atom is 0.335 e. The van der Waals surface area contributed by atoms with Gasteiger partial charge in [-0.25, -0.2) is 4.79 Å². The fraction of sp³-hybridized carbons (Fsp3) is 0.333. The zero-order valence-corrected chi connectivity index (χ0v) is 8.76. The molecule has 1 N–H and O–H groups in total. The van der Waals surface area contributed by atoms with Crippen molar-refractivity contribution in [2.45, 2.75) is 18.9 Å². The molecule has 0 radical (unpaired) electrons. The van der Waals surface area contributed by atoms with Crippen LogP contribution in [-0.4, -0.2) is 28.8 Å². The van der Waals surface area contributed by atoms with E-state index in [1.807, 2.05) is 23.4 Å². The first-order chi connectivity index (χ1) is 7.77. The zero-order chi connectivity index (χ0) is 11.1. The normalized spacial score (nSPS) is 21.8. The maximum atomic E-state index is 11.1. The van der Waals surface area contributed by atoms with Gasteiger partial charge in [-0.2, -0.15) is 5.10 Å². The molecule has 2 aliphatic rings. The first kappa shape index (κ1) is 9.39. The van der Waals surface area contributed by atoms with E-state index in [0.29, 0.717) is 5.56 Å². The Kier molecular flexibility index (Phi) is 1.96. The molecule has 1 atom stereocenters. The second kappa shape index (κ2) is 3.33. The molecule has 4 heteroatoms. The second-order valence-electron chi connectivity index (χ2n) is 4.14. The molecule has 1 aromatic rings. The number of carboxylic acids is 1. The number of carbonyl (C=O) groups is 1. The van der Waals surface area contributed by atoms with Gasteiger partial charge in [0, 0.05) is 19.2 Å². The fourth-order valence-electron chi connectivity index (χ4n) is 2.58. The van der Waals surface area contributed by atoms with Gasteiger partial charge in [0.25, 0.3) is 0 Å². The molecule has 1 unspecified atom stereocenters. The van der Waals surface area contributed by atoms with Crippen molar-refractivity contribution in [3.63, 3.8) is 0 Å². The highest BCUT2D eigenvalue weighted by atomic mass is 16.4. The van der Waals surface area contributed by atoms with Crippen LogP contribution < -0.4 is 0 Å². The van der Waals surface area contributed by atoms with Crippen molar-refractivity contribution in [2.75, 3.05) is 6.54 Å². The average Bonchev–Trinajstić information content (AvgIpc) is 2.76. The highest BCUT2D eigenvalue weighted by Gasteiger charge is 2.30. The van der Waals surface area contributed by atoms with E-state index < -0.39 is 5.97 Å². The third-order valence-electron chi connectivity index (χ3n) is 3.31. The monoisotopic (exact) mass is 216 g/mol. The molecule has 1 aromatic carbocycles. The number of aromatic carboxylic acids is 1. The van der Waals surface area contributed by atoms with Gasteiger partial charge in [-0.1, -0.05) is 12.1 Å². The van der Waals surface area contributed by atoms with E-state index in [2.05, 4.69) is 5.10 Å². The molecule has 3 rings (SSSR count). The lowest BCUT2D eigenvalue weighted by Gasteiger charge is -2.31. The number of hydrogen-bond acceptors (Lipinski definition) is 3. The SMILES string of the molecule is O=C(O)c1cccc2c1CCN1N=CCC21. The van der Waals surface area contributed by atoms with Gasteiger partial charge in [-0.3, -0.25) is 5.01 Å². The summed E-state index contributed by atoms with van der Waals surface area (Å²) in [7, 11) is 0. The summed E-state index contributed by atoms with van der Waals surface area (Å²) in [6, 6.07) is 5.78. The molecule has 0 spiro atoms. The average molecular weight is 216 g/mol. The van der Waals surface area contributed by atoms with Crippen LogP contribution in [0.2, 0.25) is 0 Å². The van der Waals surface area contributed by atoms with Crippen molar-refractivity contribution in [3.05, 3.63) is 34.9 Å². The molecule has 0 aliphatic carbocycles. The molecule has 0 bridgehead atoms. The van der Waals surface area contributed by atoms with Gasteiger partial charge in [-0.05, 0) is 23.6 Å². The Balaban J connectivity index is 2.11. The van der Waals surface area contributed by atoms with Crippen LogP contribution in [-0.2, 0) is 6.42 Å². The molecule has 0 amide bonds. The molecule has 0 saturated heterocycles. The standard InChI is InChI=1S/C12H12N2O2/c15-12(16)10-3-1-2-9-8(10)5-7-14-11(9)4-6-13-14/h1-3,6,11H,4-5,7H2,(H,15,16). The van der Waals surface area contributed by atoms with Crippen molar-refractivity contribution >= 4 is 12.2 Å². The Morgan fingerprint density at radius 1 is 1.50 bits per heavy atom. The second-order valence-corrected chi connectivity index (χ2v) is 4.14. The van der Waals surface area contributed by atoms with Gasteiger partial charge < -0.3 is 5.11 Å². The Hall–Kier alpha value is -1.84. The van der Waals surface area contributed by atoms with Crippen molar-refractivity contribution < 1.29 is 9.90 Å². The van der Waals surface area contributed by atoms with E-state index in [4.69, 9.17) is 5.11 Å². The number of carboxylic acid groups (broad SMARTS) is 1. The van der Waals surface area contributed by atoms with Gasteiger partial charge in [0.15, 0.2) is 0 Å². The van der Waals surface area contributed by atoms with E-state index in [1.54, 1.807) is 6.07 Å². The quantitative estimate of drug-likeness (QED) is 0.777. The first-order valence-electron chi connectivity index (χ1n) is 5.41. The van der Waals surface area contributed by atoms with E-state index in [-0.39, 0.29) is 6.04 Å². The van der Waals surface area contributed by atoms with Crippen LogP contribution in [0.4, 0.5) is 0 Å². The van der Waals surface area contributed by atoms with Crippen LogP contribution in [0.25, 0.3) is 0 Å². The number of rotatable bonds is 1. The summed E-state index contributed by atoms with van der Waals surface area (Å²) in [6.07, 6.45) is 3.56. The van der Waals surface area contributed by atoms with E-state index >= 15 is 0 Å². The fourth-order valence-corrected chi connectivity index (χ4v) is 2.58. The van der Waals surface area contributed by atoms with Crippen molar-refractivity contribution in [1.29, 1.82) is 0 Å². The molecular weight excluding hydrogens is 204 g/mol. The summed E-state index contributed by atoms with van der Waals surface area (Å²) in [6.45, 7) is 0.818. The van der Waals surface area contributed by atoms with Crippen molar-refractivity contribution in [2.24, 2.45) is 5.10 Å². The van der Waals surface area contributed by atoms with Crippen LogP contribution in [0.5, 0.6) is 0 Å². The lowest BCUT2D eigenvalue weighted by atomic mass is 9.89. The van der Waals surface area contributed by atoms with E-state index in [0.717, 1.165) is 30.5 Å². The summed E-state index contributed by atoms with van der Waals surface area (Å²) in [4.78, 5) is 11.1. The summed E-state index contributed by atoms with van der Waals surface area (Å²) in [5.74, 6) is -0.829. The van der Waals surface area contributed by atoms with E-state index in [1.165, 1.54) is 0 Å². The van der Waals surface area contributed by atoms with Gasteiger partial charge in [0.1, 0.15) is 0 Å². The largest absolute Gasteiger partial charge is 0.478 e. The molecule has 0 saturated carbocycles. The Morgan fingerprint density at radius 3 is 3.19 bits per heavy atom. The Labute approximate surface area is 93.2 Å². The number of hydrazone groups is 1. The lowest BCUT2D eigenvalue weighted by Crippen LogP contribution is -2.29. The molecule has 0 aromatic heterocycles. The molecule has 0 fully saturated rings. The van der Waals surface area contributed by atoms with Crippen LogP contribution in [0.1, 0.15) is 33.9 Å². The summed E-state index contributed by atoms with van der Waals surface area (Å²) >= 11 is 0. The lowest BCUT2D eigenvalue weighted by molar-refractivity contribution is 0.0694. The van der Waals surface area contributed by atoms with E-state index in [9.17, 15) is 4.79 Å². The zero-order valence-electron chi connectivity index (χ0n) is 8.76. The third kappa shape index (κ3) is 1.23. The Morgan fingerprint density at radius 2 is 2.38 bits per heavy atom. The maximum absolute atomic E-state index is 11.1. The highest BCUT2D eigenvalue weighted by molar-refractivity contribution is 5.90. The first-order valence-corrected chi connectivity index (χ1v) is 5.41. The molecule has 2 heterocycles. The highest BCUT2D eigenvalue weighted by Crippen LogP contribution is 2.35. The minimum absolute atomic E-state index is 0.253. The number of nitrogens with zero attached hydrogens (tertiary/aromatic N) is 2. The van der Waals surface area contributed by atoms with Crippen molar-refractivity contribution in [3.8, 4) is 0 Å². The van der Waals surface area contributed by atoms with Crippen molar-refractivity contribution in [1.82, 2.24) is 5.01 Å². The third-order valence-corrected chi connectivity index (χ3v) is 3.31. The molecule has 2 aliphatic heterocycles. The van der Waals surface area contributed by atoms with Crippen LogP contribution in [0.15, 0.2) is 23.3 Å². The number of fused-ring (bicyclic) bond motifs is 3. The van der Waals surface area contributed by atoms with Gasteiger partial charge in [-0.15, -0.1) is 0 Å². The topological polar surface area (TPSA) is 52.9 Å². The minimum atomic E-state index is -0.829. The number of benzene rings is 1. The van der Waals surface area contributed by atoms with Crippen LogP contribution in [0.3, 0.4) is 0 Å². The number of hydrogen-bond donors (Lipinski definition) is 1. The smallest absolute Gasteiger partial charge is 0.335 e. The Bertz CT molecular complexity index is 482. The van der Waals surface area contributed by atoms with Crippen LogP contribution in [0, 0.1) is 0 Å². The predicted octanol–water partition coefficient (Wildman–Crippen LogP) is 1.67. The molecule has 16 heavy (non-hydrogen) atoms. The van der Waals surface area contributed by atoms with Gasteiger partial charge >= 0.3 is 5.97 Å². The predicted molar refractivity (Wildman–Crippen MR) is 59.7 cm³/mol. The van der Waals surface area contributed by atoms with Gasteiger partial charge in [0.2, 0.25) is 0 Å². The summed E-state index contributed by atoms with van der Waals surface area (Å²) in [5, 5.41) is 15.5. The molecule has 4 nitrogen and oxygen atoms in total. The summed E-state index contributed by atoms with van der Waals surface area (Å²) < 4.78 is 0. The molecular formula is C12H12N2O2. The van der Waals surface area contributed by atoms with Crippen LogP contribution >= 0.6 is 0 Å². The minimum Gasteiger partial charge on any atom is -0.478 e. The summed E-state index contributed by atoms with van der Waals surface area (Å²) in [5.41, 5.74) is 2.56.